The zero-order chi connectivity index (χ0) is 16.2. The average Bonchev–Trinajstić information content (AvgIpc) is 2.38. The van der Waals surface area contributed by atoms with Gasteiger partial charge in [-0.3, -0.25) is 4.79 Å². The van der Waals surface area contributed by atoms with E-state index < -0.39 is 0 Å². The van der Waals surface area contributed by atoms with Crippen molar-refractivity contribution >= 4 is 5.97 Å². The smallest absolute Gasteiger partial charge is 0.313 e. The third kappa shape index (κ3) is 4.33. The van der Waals surface area contributed by atoms with Crippen LogP contribution in [0.25, 0.3) is 0 Å². The number of benzene rings is 1. The Morgan fingerprint density at radius 1 is 1.00 bits per heavy atom. The molecule has 0 N–H and O–H groups in total. The maximum atomic E-state index is 12.4. The van der Waals surface area contributed by atoms with E-state index >= 15 is 0 Å². The standard InChI is InChI=1S/C19H30O2/c1-8-21-19(20)18(14(6)7)16-10-9-15(12(2)3)11-17(16)13(4)5/h9-14,18H,8H2,1-7H3. The van der Waals surface area contributed by atoms with Gasteiger partial charge in [-0.1, -0.05) is 59.7 Å². The lowest BCUT2D eigenvalue weighted by Crippen LogP contribution is -2.22. The third-order valence-electron chi connectivity index (χ3n) is 3.94. The summed E-state index contributed by atoms with van der Waals surface area (Å²) in [5, 5.41) is 0. The van der Waals surface area contributed by atoms with Crippen LogP contribution in [0, 0.1) is 5.92 Å². The summed E-state index contributed by atoms with van der Waals surface area (Å²) in [7, 11) is 0. The van der Waals surface area contributed by atoms with Gasteiger partial charge in [0.1, 0.15) is 0 Å². The maximum absolute atomic E-state index is 12.4. The van der Waals surface area contributed by atoms with Gasteiger partial charge < -0.3 is 4.74 Å². The Labute approximate surface area is 129 Å². The van der Waals surface area contributed by atoms with E-state index in [0.717, 1.165) is 5.56 Å². The molecular formula is C19H30O2. The summed E-state index contributed by atoms with van der Waals surface area (Å²) in [6, 6.07) is 6.55. The van der Waals surface area contributed by atoms with Crippen molar-refractivity contribution in [3.8, 4) is 0 Å². The van der Waals surface area contributed by atoms with Crippen molar-refractivity contribution in [1.82, 2.24) is 0 Å². The molecule has 0 aliphatic heterocycles. The predicted molar refractivity (Wildman–Crippen MR) is 88.8 cm³/mol. The quantitative estimate of drug-likeness (QED) is 0.670. The average molecular weight is 290 g/mol. The van der Waals surface area contributed by atoms with E-state index in [1.807, 2.05) is 6.92 Å². The van der Waals surface area contributed by atoms with Gasteiger partial charge in [0.05, 0.1) is 12.5 Å². The largest absolute Gasteiger partial charge is 0.466 e. The lowest BCUT2D eigenvalue weighted by atomic mass is 9.81. The van der Waals surface area contributed by atoms with Gasteiger partial charge in [0, 0.05) is 0 Å². The Morgan fingerprint density at radius 2 is 1.62 bits per heavy atom. The Morgan fingerprint density at radius 3 is 2.05 bits per heavy atom. The Kier molecular flexibility index (Phi) is 6.44. The topological polar surface area (TPSA) is 26.3 Å². The lowest BCUT2D eigenvalue weighted by molar-refractivity contribution is -0.146. The molecule has 0 heterocycles. The van der Waals surface area contributed by atoms with Crippen LogP contribution in [0.2, 0.25) is 0 Å². The SMILES string of the molecule is CCOC(=O)C(c1ccc(C(C)C)cc1C(C)C)C(C)C. The van der Waals surface area contributed by atoms with Crippen molar-refractivity contribution in [2.75, 3.05) is 6.61 Å². The molecule has 1 atom stereocenters. The van der Waals surface area contributed by atoms with Gasteiger partial charge in [-0.05, 0) is 41.4 Å². The number of ether oxygens (including phenoxy) is 1. The number of rotatable bonds is 6. The minimum atomic E-state index is -0.177. The molecule has 1 aromatic carbocycles. The Bertz CT molecular complexity index is 472. The summed E-state index contributed by atoms with van der Waals surface area (Å²) >= 11 is 0. The first kappa shape index (κ1) is 17.7. The van der Waals surface area contributed by atoms with Crippen LogP contribution in [0.1, 0.15) is 82.9 Å². The summed E-state index contributed by atoms with van der Waals surface area (Å²) < 4.78 is 5.29. The molecule has 118 valence electrons. The van der Waals surface area contributed by atoms with E-state index in [9.17, 15) is 4.79 Å². The second-order valence-corrected chi connectivity index (χ2v) is 6.67. The number of carbonyl (C=O) groups excluding carboxylic acids is 1. The van der Waals surface area contributed by atoms with Gasteiger partial charge in [0.25, 0.3) is 0 Å². The molecule has 2 heteroatoms. The molecule has 1 unspecified atom stereocenters. The van der Waals surface area contributed by atoms with Crippen LogP contribution in [0.5, 0.6) is 0 Å². The Hall–Kier alpha value is -1.31. The van der Waals surface area contributed by atoms with Crippen molar-refractivity contribution in [3.63, 3.8) is 0 Å². The normalized spacial score (nSPS) is 13.0. The third-order valence-corrected chi connectivity index (χ3v) is 3.94. The highest BCUT2D eigenvalue weighted by molar-refractivity contribution is 5.79. The van der Waals surface area contributed by atoms with Crippen LogP contribution in [0.15, 0.2) is 18.2 Å². The van der Waals surface area contributed by atoms with E-state index in [4.69, 9.17) is 4.74 Å². The molecule has 0 aliphatic carbocycles. The molecular weight excluding hydrogens is 260 g/mol. The molecule has 0 amide bonds. The van der Waals surface area contributed by atoms with Crippen molar-refractivity contribution in [2.24, 2.45) is 5.92 Å². The van der Waals surface area contributed by atoms with Crippen LogP contribution >= 0.6 is 0 Å². The minimum absolute atomic E-state index is 0.105. The van der Waals surface area contributed by atoms with Gasteiger partial charge in [0.15, 0.2) is 0 Å². The lowest BCUT2D eigenvalue weighted by Gasteiger charge is -2.25. The highest BCUT2D eigenvalue weighted by atomic mass is 16.5. The molecule has 2 nitrogen and oxygen atoms in total. The summed E-state index contributed by atoms with van der Waals surface area (Å²) in [5.74, 6) is 0.840. The van der Waals surface area contributed by atoms with E-state index in [1.54, 1.807) is 0 Å². The molecule has 1 rings (SSSR count). The van der Waals surface area contributed by atoms with E-state index in [-0.39, 0.29) is 17.8 Å². The van der Waals surface area contributed by atoms with Crippen molar-refractivity contribution in [1.29, 1.82) is 0 Å². The summed E-state index contributed by atoms with van der Waals surface area (Å²) in [4.78, 5) is 12.4. The van der Waals surface area contributed by atoms with Gasteiger partial charge in [-0.15, -0.1) is 0 Å². The number of hydrogen-bond donors (Lipinski definition) is 0. The minimum Gasteiger partial charge on any atom is -0.466 e. The van der Waals surface area contributed by atoms with E-state index in [2.05, 4.69) is 59.7 Å². The Balaban J connectivity index is 3.33. The van der Waals surface area contributed by atoms with Crippen LogP contribution in [-0.4, -0.2) is 12.6 Å². The van der Waals surface area contributed by atoms with Crippen molar-refractivity contribution in [3.05, 3.63) is 34.9 Å². The van der Waals surface area contributed by atoms with E-state index in [0.29, 0.717) is 18.4 Å². The molecule has 0 saturated carbocycles. The molecule has 0 bridgehead atoms. The number of hydrogen-bond acceptors (Lipinski definition) is 2. The van der Waals surface area contributed by atoms with Crippen LogP contribution < -0.4 is 0 Å². The molecule has 0 aliphatic rings. The van der Waals surface area contributed by atoms with Gasteiger partial charge >= 0.3 is 5.97 Å². The fourth-order valence-corrected chi connectivity index (χ4v) is 2.73. The summed E-state index contributed by atoms with van der Waals surface area (Å²) in [5.41, 5.74) is 3.73. The van der Waals surface area contributed by atoms with Crippen LogP contribution in [-0.2, 0) is 9.53 Å². The van der Waals surface area contributed by atoms with Crippen LogP contribution in [0.4, 0.5) is 0 Å². The highest BCUT2D eigenvalue weighted by Gasteiger charge is 2.28. The second-order valence-electron chi connectivity index (χ2n) is 6.67. The predicted octanol–water partition coefficient (Wildman–Crippen LogP) is 5.24. The number of esters is 1. The highest BCUT2D eigenvalue weighted by Crippen LogP contribution is 2.34. The molecule has 21 heavy (non-hydrogen) atoms. The monoisotopic (exact) mass is 290 g/mol. The molecule has 0 fully saturated rings. The maximum Gasteiger partial charge on any atom is 0.313 e. The fraction of sp³-hybridized carbons (Fsp3) is 0.632. The summed E-state index contributed by atoms with van der Waals surface area (Å²) in [6.07, 6.45) is 0. The van der Waals surface area contributed by atoms with Crippen LogP contribution in [0.3, 0.4) is 0 Å². The van der Waals surface area contributed by atoms with Crippen molar-refractivity contribution < 1.29 is 9.53 Å². The molecule has 0 spiro atoms. The first-order valence-corrected chi connectivity index (χ1v) is 8.09. The molecule has 0 aromatic heterocycles. The molecule has 1 aromatic rings. The van der Waals surface area contributed by atoms with Gasteiger partial charge in [-0.25, -0.2) is 0 Å². The van der Waals surface area contributed by atoms with Gasteiger partial charge in [0.2, 0.25) is 0 Å². The zero-order valence-electron chi connectivity index (χ0n) is 14.6. The van der Waals surface area contributed by atoms with Crippen molar-refractivity contribution in [2.45, 2.75) is 66.2 Å². The first-order valence-electron chi connectivity index (χ1n) is 8.09. The molecule has 0 radical (unpaired) electrons. The number of carbonyl (C=O) groups is 1. The molecule has 0 saturated heterocycles. The summed E-state index contributed by atoms with van der Waals surface area (Å²) in [6.45, 7) is 15.2. The second kappa shape index (κ2) is 7.63. The fourth-order valence-electron chi connectivity index (χ4n) is 2.73. The zero-order valence-corrected chi connectivity index (χ0v) is 14.6. The first-order chi connectivity index (χ1) is 9.79. The van der Waals surface area contributed by atoms with E-state index in [1.165, 1.54) is 11.1 Å². The van der Waals surface area contributed by atoms with Gasteiger partial charge in [-0.2, -0.15) is 0 Å².